The van der Waals surface area contributed by atoms with Gasteiger partial charge in [0.25, 0.3) is 0 Å². The fraction of sp³-hybridized carbons (Fsp3) is 0.185. The third-order valence-corrected chi connectivity index (χ3v) is 7.85. The molecule has 0 unspecified atom stereocenters. The maximum absolute atomic E-state index is 13.3. The molecule has 1 amide bonds. The first-order valence-corrected chi connectivity index (χ1v) is 12.7. The van der Waals surface area contributed by atoms with Crippen LogP contribution in [0.5, 0.6) is 0 Å². The van der Waals surface area contributed by atoms with Gasteiger partial charge in [-0.25, -0.2) is 18.4 Å². The molecule has 4 rings (SSSR count). The standard InChI is InChI=1S/C27H25N3O4S/c1-19(2)35(33,34)24-12-10-23(11-13-24)30(26(32)17-25(31)27-28-14-5-15-29-27)18-20-8-9-21-6-3-4-7-22(21)16-20/h3-16,19H,17-18H2,1-2H3. The molecule has 0 spiro atoms. The van der Waals surface area contributed by atoms with Gasteiger partial charge in [0.05, 0.1) is 23.1 Å². The SMILES string of the molecule is CC(C)S(=O)(=O)c1ccc(N(Cc2ccc3ccccc3c2)C(=O)CC(=O)c2ncccn2)cc1. The first-order chi connectivity index (χ1) is 16.8. The zero-order valence-corrected chi connectivity index (χ0v) is 20.3. The van der Waals surface area contributed by atoms with Gasteiger partial charge < -0.3 is 4.90 Å². The van der Waals surface area contributed by atoms with Crippen LogP contribution in [0.15, 0.2) is 90.1 Å². The van der Waals surface area contributed by atoms with Crippen LogP contribution in [0.1, 0.15) is 36.5 Å². The van der Waals surface area contributed by atoms with Gasteiger partial charge in [-0.05, 0) is 66.6 Å². The Morgan fingerprint density at radius 2 is 1.51 bits per heavy atom. The minimum atomic E-state index is -3.45. The summed E-state index contributed by atoms with van der Waals surface area (Å²) in [5.41, 5.74) is 1.37. The molecule has 178 valence electrons. The van der Waals surface area contributed by atoms with Crippen LogP contribution in [0.2, 0.25) is 0 Å². The van der Waals surface area contributed by atoms with Crippen molar-refractivity contribution in [3.05, 3.63) is 96.6 Å². The van der Waals surface area contributed by atoms with Crippen LogP contribution in [0.25, 0.3) is 10.8 Å². The van der Waals surface area contributed by atoms with Gasteiger partial charge in [-0.2, -0.15) is 0 Å². The summed E-state index contributed by atoms with van der Waals surface area (Å²) in [5.74, 6) is -0.946. The van der Waals surface area contributed by atoms with E-state index in [9.17, 15) is 18.0 Å². The highest BCUT2D eigenvalue weighted by molar-refractivity contribution is 7.92. The lowest BCUT2D eigenvalue weighted by atomic mass is 10.1. The molecule has 0 saturated heterocycles. The Morgan fingerprint density at radius 1 is 0.857 bits per heavy atom. The molecule has 0 aliphatic carbocycles. The van der Waals surface area contributed by atoms with E-state index < -0.39 is 33.2 Å². The monoisotopic (exact) mass is 487 g/mol. The Balaban J connectivity index is 1.66. The summed E-state index contributed by atoms with van der Waals surface area (Å²) >= 11 is 0. The Kier molecular flexibility index (Phi) is 7.02. The Hall–Kier alpha value is -3.91. The van der Waals surface area contributed by atoms with E-state index in [1.807, 2.05) is 42.5 Å². The molecule has 7 nitrogen and oxygen atoms in total. The molecule has 4 aromatic rings. The number of carbonyl (C=O) groups excluding carboxylic acids is 2. The van der Waals surface area contributed by atoms with E-state index >= 15 is 0 Å². The molecule has 1 heterocycles. The highest BCUT2D eigenvalue weighted by atomic mass is 32.2. The first-order valence-electron chi connectivity index (χ1n) is 11.2. The summed E-state index contributed by atoms with van der Waals surface area (Å²) < 4.78 is 25.1. The fourth-order valence-electron chi connectivity index (χ4n) is 3.69. The molecule has 1 aromatic heterocycles. The van der Waals surface area contributed by atoms with Crippen LogP contribution < -0.4 is 4.90 Å². The largest absolute Gasteiger partial charge is 0.308 e. The number of carbonyl (C=O) groups is 2. The van der Waals surface area contributed by atoms with E-state index in [0.717, 1.165) is 16.3 Å². The van der Waals surface area contributed by atoms with Crippen molar-refractivity contribution in [3.8, 4) is 0 Å². The van der Waals surface area contributed by atoms with E-state index in [0.29, 0.717) is 5.69 Å². The summed E-state index contributed by atoms with van der Waals surface area (Å²) in [7, 11) is -3.45. The van der Waals surface area contributed by atoms with E-state index in [-0.39, 0.29) is 17.3 Å². The second-order valence-corrected chi connectivity index (χ2v) is 10.9. The molecule has 35 heavy (non-hydrogen) atoms. The molecule has 0 N–H and O–H groups in total. The number of amides is 1. The van der Waals surface area contributed by atoms with Crippen LogP contribution in [0, 0.1) is 0 Å². The molecule has 0 saturated carbocycles. The van der Waals surface area contributed by atoms with Crippen molar-refractivity contribution in [1.82, 2.24) is 9.97 Å². The Bertz CT molecular complexity index is 1470. The van der Waals surface area contributed by atoms with Gasteiger partial charge in [-0.3, -0.25) is 9.59 Å². The van der Waals surface area contributed by atoms with Gasteiger partial charge in [-0.1, -0.05) is 36.4 Å². The maximum Gasteiger partial charge on any atom is 0.235 e. The van der Waals surface area contributed by atoms with Crippen molar-refractivity contribution in [2.75, 3.05) is 4.90 Å². The summed E-state index contributed by atoms with van der Waals surface area (Å²) in [4.78, 5) is 35.5. The quantitative estimate of drug-likeness (QED) is 0.266. The molecular weight excluding hydrogens is 462 g/mol. The van der Waals surface area contributed by atoms with Crippen LogP contribution in [-0.2, 0) is 21.2 Å². The summed E-state index contributed by atoms with van der Waals surface area (Å²) in [6.07, 6.45) is 2.49. The maximum atomic E-state index is 13.3. The van der Waals surface area contributed by atoms with Gasteiger partial charge >= 0.3 is 0 Å². The number of rotatable bonds is 8. The summed E-state index contributed by atoms with van der Waals surface area (Å²) in [6.45, 7) is 3.45. The van der Waals surface area contributed by atoms with Crippen molar-refractivity contribution in [1.29, 1.82) is 0 Å². The second-order valence-electron chi connectivity index (χ2n) is 8.42. The summed E-state index contributed by atoms with van der Waals surface area (Å²) in [6, 6.07) is 21.6. The van der Waals surface area contributed by atoms with Crippen molar-refractivity contribution in [2.45, 2.75) is 37.0 Å². The Labute approximate surface area is 204 Å². The van der Waals surface area contributed by atoms with Crippen molar-refractivity contribution >= 4 is 38.0 Å². The van der Waals surface area contributed by atoms with Crippen molar-refractivity contribution in [3.63, 3.8) is 0 Å². The van der Waals surface area contributed by atoms with E-state index in [4.69, 9.17) is 0 Å². The number of ketones is 1. The minimum Gasteiger partial charge on any atom is -0.308 e. The highest BCUT2D eigenvalue weighted by Gasteiger charge is 2.23. The lowest BCUT2D eigenvalue weighted by molar-refractivity contribution is -0.117. The highest BCUT2D eigenvalue weighted by Crippen LogP contribution is 2.25. The lowest BCUT2D eigenvalue weighted by Crippen LogP contribution is -2.32. The number of hydrogen-bond donors (Lipinski definition) is 0. The number of aromatic nitrogens is 2. The number of fused-ring (bicyclic) bond motifs is 1. The smallest absolute Gasteiger partial charge is 0.235 e. The van der Waals surface area contributed by atoms with Crippen molar-refractivity contribution in [2.24, 2.45) is 0 Å². The molecule has 3 aromatic carbocycles. The molecule has 0 radical (unpaired) electrons. The summed E-state index contributed by atoms with van der Waals surface area (Å²) in [5, 5.41) is 1.55. The van der Waals surface area contributed by atoms with Crippen molar-refractivity contribution < 1.29 is 18.0 Å². The third kappa shape index (κ3) is 5.44. The van der Waals surface area contributed by atoms with Gasteiger partial charge in [0.15, 0.2) is 15.7 Å². The number of Topliss-reactive ketones (excluding diaryl/α,β-unsaturated/α-hetero) is 1. The molecule has 0 bridgehead atoms. The van der Waals surface area contributed by atoms with E-state index in [1.165, 1.54) is 29.4 Å². The third-order valence-electron chi connectivity index (χ3n) is 5.68. The van der Waals surface area contributed by atoms with E-state index in [1.54, 1.807) is 32.0 Å². The van der Waals surface area contributed by atoms with Crippen LogP contribution in [0.4, 0.5) is 5.69 Å². The van der Waals surface area contributed by atoms with Crippen LogP contribution in [0.3, 0.4) is 0 Å². The zero-order valence-electron chi connectivity index (χ0n) is 19.5. The number of hydrogen-bond acceptors (Lipinski definition) is 6. The minimum absolute atomic E-state index is 0.0233. The number of sulfone groups is 1. The predicted octanol–water partition coefficient (Wildman–Crippen LogP) is 4.62. The number of anilines is 1. The normalized spacial score (nSPS) is 11.5. The first kappa shape index (κ1) is 24.2. The van der Waals surface area contributed by atoms with Gasteiger partial charge in [0, 0.05) is 18.1 Å². The molecule has 0 fully saturated rings. The van der Waals surface area contributed by atoms with E-state index in [2.05, 4.69) is 9.97 Å². The molecule has 0 aliphatic rings. The molecule has 0 atom stereocenters. The zero-order chi connectivity index (χ0) is 25.0. The van der Waals surface area contributed by atoms with Gasteiger partial charge in [0.2, 0.25) is 11.7 Å². The van der Waals surface area contributed by atoms with Gasteiger partial charge in [-0.15, -0.1) is 0 Å². The van der Waals surface area contributed by atoms with Crippen LogP contribution >= 0.6 is 0 Å². The molecular formula is C27H25N3O4S. The fourth-order valence-corrected chi connectivity index (χ4v) is 4.75. The Morgan fingerprint density at radius 3 is 2.17 bits per heavy atom. The number of benzene rings is 3. The second kappa shape index (κ2) is 10.1. The topological polar surface area (TPSA) is 97.3 Å². The molecule has 0 aliphatic heterocycles. The predicted molar refractivity (Wildman–Crippen MR) is 135 cm³/mol. The van der Waals surface area contributed by atoms with Crippen LogP contribution in [-0.4, -0.2) is 35.3 Å². The van der Waals surface area contributed by atoms with Gasteiger partial charge in [0.1, 0.15) is 0 Å². The average Bonchev–Trinajstić information content (AvgIpc) is 2.87. The average molecular weight is 488 g/mol. The number of nitrogens with zero attached hydrogens (tertiary/aromatic N) is 3. The molecule has 8 heteroatoms. The lowest BCUT2D eigenvalue weighted by Gasteiger charge is -2.23.